The molecule has 1 N–H and O–H groups in total. The van der Waals surface area contributed by atoms with E-state index in [1.54, 1.807) is 7.11 Å². The van der Waals surface area contributed by atoms with Crippen molar-refractivity contribution in [2.75, 3.05) is 7.11 Å². The predicted octanol–water partition coefficient (Wildman–Crippen LogP) is 4.30. The van der Waals surface area contributed by atoms with Crippen molar-refractivity contribution in [3.05, 3.63) is 29.8 Å². The Morgan fingerprint density at radius 1 is 1.18 bits per heavy atom. The third-order valence-corrected chi connectivity index (χ3v) is 8.14. The zero-order valence-corrected chi connectivity index (χ0v) is 17.2. The lowest BCUT2D eigenvalue weighted by Gasteiger charge is -2.64. The van der Waals surface area contributed by atoms with Gasteiger partial charge in [-0.3, -0.25) is 4.79 Å². The highest BCUT2D eigenvalue weighted by Gasteiger charge is 2.65. The normalized spacial score (nSPS) is 38.5. The molecule has 152 valence electrons. The molecular formula is C24H33NO3. The van der Waals surface area contributed by atoms with E-state index in [-0.39, 0.29) is 10.8 Å². The van der Waals surface area contributed by atoms with Crippen molar-refractivity contribution in [2.45, 2.75) is 82.9 Å². The van der Waals surface area contributed by atoms with Gasteiger partial charge in [0.05, 0.1) is 18.1 Å². The van der Waals surface area contributed by atoms with Gasteiger partial charge in [0.2, 0.25) is 5.91 Å². The summed E-state index contributed by atoms with van der Waals surface area (Å²) in [5, 5.41) is 11.3. The Morgan fingerprint density at radius 3 is 2.64 bits per heavy atom. The molecule has 0 spiro atoms. The summed E-state index contributed by atoms with van der Waals surface area (Å²) in [6, 6.07) is 8.41. The molecule has 28 heavy (non-hydrogen) atoms. The smallest absolute Gasteiger partial charge is 0.229 e. The van der Waals surface area contributed by atoms with E-state index in [1.165, 1.54) is 6.42 Å². The van der Waals surface area contributed by atoms with Crippen molar-refractivity contribution in [2.24, 2.45) is 16.7 Å². The molecule has 5 saturated carbocycles. The van der Waals surface area contributed by atoms with E-state index < -0.39 is 5.60 Å². The Kier molecular flexibility index (Phi) is 4.11. The molecule has 1 aromatic carbocycles. The van der Waals surface area contributed by atoms with Crippen LogP contribution in [0.2, 0.25) is 0 Å². The number of rotatable bonds is 6. The van der Waals surface area contributed by atoms with Crippen LogP contribution in [0.25, 0.3) is 0 Å². The van der Waals surface area contributed by atoms with Gasteiger partial charge in [0.15, 0.2) is 0 Å². The summed E-state index contributed by atoms with van der Waals surface area (Å²) in [4.78, 5) is 16.2. The van der Waals surface area contributed by atoms with Crippen LogP contribution in [-0.4, -0.2) is 34.7 Å². The summed E-state index contributed by atoms with van der Waals surface area (Å²) in [5.41, 5.74) is 0.280. The largest absolute Gasteiger partial charge is 0.496 e. The first kappa shape index (κ1) is 18.5. The molecule has 1 amide bonds. The Labute approximate surface area is 168 Å². The highest BCUT2D eigenvalue weighted by molar-refractivity contribution is 5.84. The van der Waals surface area contributed by atoms with E-state index in [0.717, 1.165) is 56.3 Å². The standard InChI is InChI=1S/C24H33NO3/c1-3-22-10-17-11-23(14-22,16-24(27,12-17)15-22)21(26)25(19-8-9-19)13-18-6-4-5-7-20(18)28-2/h4-7,17,19,27H,3,8-16H2,1-2H3. The van der Waals surface area contributed by atoms with Gasteiger partial charge >= 0.3 is 0 Å². The first-order valence-electron chi connectivity index (χ1n) is 11.1. The first-order valence-corrected chi connectivity index (χ1v) is 11.1. The number of ether oxygens (including phenoxy) is 1. The van der Waals surface area contributed by atoms with Gasteiger partial charge in [-0.2, -0.15) is 0 Å². The third-order valence-electron chi connectivity index (χ3n) is 8.14. The summed E-state index contributed by atoms with van der Waals surface area (Å²) >= 11 is 0. The number of carbonyl (C=O) groups is 1. The lowest BCUT2D eigenvalue weighted by Crippen LogP contribution is -2.64. The van der Waals surface area contributed by atoms with Crippen LogP contribution in [0.1, 0.15) is 70.3 Å². The minimum Gasteiger partial charge on any atom is -0.496 e. The lowest BCUT2D eigenvalue weighted by atomic mass is 9.42. The molecule has 1 aromatic rings. The molecule has 0 aromatic heterocycles. The van der Waals surface area contributed by atoms with Gasteiger partial charge < -0.3 is 14.7 Å². The monoisotopic (exact) mass is 383 g/mol. The average molecular weight is 384 g/mol. The molecule has 4 atom stereocenters. The van der Waals surface area contributed by atoms with Crippen molar-refractivity contribution in [3.8, 4) is 5.75 Å². The van der Waals surface area contributed by atoms with Crippen LogP contribution in [-0.2, 0) is 11.3 Å². The Balaban J connectivity index is 1.47. The number of carbonyl (C=O) groups excluding carboxylic acids is 1. The van der Waals surface area contributed by atoms with Crippen molar-refractivity contribution >= 4 is 5.91 Å². The van der Waals surface area contributed by atoms with Crippen LogP contribution in [0.3, 0.4) is 0 Å². The van der Waals surface area contributed by atoms with Gasteiger partial charge in [0, 0.05) is 18.2 Å². The Bertz CT molecular complexity index is 790. The minimum absolute atomic E-state index is 0.170. The molecule has 5 aliphatic carbocycles. The van der Waals surface area contributed by atoms with Crippen molar-refractivity contribution in [1.29, 1.82) is 0 Å². The van der Waals surface area contributed by atoms with Crippen molar-refractivity contribution in [3.63, 3.8) is 0 Å². The van der Waals surface area contributed by atoms with Crippen LogP contribution in [0.4, 0.5) is 0 Å². The van der Waals surface area contributed by atoms with E-state index in [2.05, 4.69) is 17.9 Å². The first-order chi connectivity index (χ1) is 13.4. The lowest BCUT2D eigenvalue weighted by molar-refractivity contribution is -0.210. The highest BCUT2D eigenvalue weighted by Crippen LogP contribution is 2.68. The second kappa shape index (κ2) is 6.22. The maximum Gasteiger partial charge on any atom is 0.229 e. The highest BCUT2D eigenvalue weighted by atomic mass is 16.5. The average Bonchev–Trinajstić information content (AvgIpc) is 3.49. The maximum atomic E-state index is 14.1. The summed E-state index contributed by atoms with van der Waals surface area (Å²) in [6.45, 7) is 2.87. The molecule has 0 heterocycles. The van der Waals surface area contributed by atoms with Gasteiger partial charge in [-0.25, -0.2) is 0 Å². The van der Waals surface area contributed by atoms with Gasteiger partial charge in [-0.15, -0.1) is 0 Å². The Morgan fingerprint density at radius 2 is 1.96 bits per heavy atom. The maximum absolute atomic E-state index is 14.1. The zero-order valence-electron chi connectivity index (χ0n) is 17.2. The molecule has 4 bridgehead atoms. The van der Waals surface area contributed by atoms with Gasteiger partial charge in [-0.05, 0) is 68.8 Å². The zero-order chi connectivity index (χ0) is 19.6. The summed E-state index contributed by atoms with van der Waals surface area (Å²) in [7, 11) is 1.70. The second-order valence-corrected chi connectivity index (χ2v) is 10.3. The van der Waals surface area contributed by atoms with Crippen LogP contribution < -0.4 is 4.74 Å². The predicted molar refractivity (Wildman–Crippen MR) is 108 cm³/mol. The fourth-order valence-electron chi connectivity index (χ4n) is 7.29. The van der Waals surface area contributed by atoms with Crippen LogP contribution in [0.15, 0.2) is 24.3 Å². The molecule has 6 rings (SSSR count). The number of benzene rings is 1. The molecule has 4 heteroatoms. The van der Waals surface area contributed by atoms with Gasteiger partial charge in [0.25, 0.3) is 0 Å². The van der Waals surface area contributed by atoms with Crippen molar-refractivity contribution in [1.82, 2.24) is 4.90 Å². The molecule has 5 fully saturated rings. The van der Waals surface area contributed by atoms with Crippen LogP contribution >= 0.6 is 0 Å². The molecule has 0 saturated heterocycles. The Hall–Kier alpha value is -1.55. The number of hydrogen-bond donors (Lipinski definition) is 1. The second-order valence-electron chi connectivity index (χ2n) is 10.3. The number of hydrogen-bond acceptors (Lipinski definition) is 3. The van der Waals surface area contributed by atoms with Crippen LogP contribution in [0, 0.1) is 16.7 Å². The number of amides is 1. The van der Waals surface area contributed by atoms with Crippen molar-refractivity contribution < 1.29 is 14.6 Å². The van der Waals surface area contributed by atoms with E-state index in [0.29, 0.717) is 30.8 Å². The van der Waals surface area contributed by atoms with E-state index in [1.807, 2.05) is 18.2 Å². The summed E-state index contributed by atoms with van der Waals surface area (Å²) in [5.74, 6) is 1.67. The molecule has 0 radical (unpaired) electrons. The molecule has 4 unspecified atom stereocenters. The SMILES string of the molecule is CCC12CC3CC(O)(C1)CC(C(=O)N(Cc1ccccc1OC)C1CC1)(C3)C2. The number of nitrogens with zero attached hydrogens (tertiary/aromatic N) is 1. The number of methoxy groups -OCH3 is 1. The van der Waals surface area contributed by atoms with Gasteiger partial charge in [-0.1, -0.05) is 31.5 Å². The molecule has 5 aliphatic rings. The van der Waals surface area contributed by atoms with E-state index in [9.17, 15) is 9.90 Å². The molecular weight excluding hydrogens is 350 g/mol. The number of para-hydroxylation sites is 1. The van der Waals surface area contributed by atoms with E-state index in [4.69, 9.17) is 4.74 Å². The number of aliphatic hydroxyl groups is 1. The molecule has 4 nitrogen and oxygen atoms in total. The van der Waals surface area contributed by atoms with Crippen LogP contribution in [0.5, 0.6) is 5.75 Å². The summed E-state index contributed by atoms with van der Waals surface area (Å²) in [6.07, 6.45) is 8.92. The minimum atomic E-state index is -0.620. The summed E-state index contributed by atoms with van der Waals surface area (Å²) < 4.78 is 5.55. The topological polar surface area (TPSA) is 49.8 Å². The quantitative estimate of drug-likeness (QED) is 0.797. The van der Waals surface area contributed by atoms with E-state index >= 15 is 0 Å². The fraction of sp³-hybridized carbons (Fsp3) is 0.708. The molecule has 0 aliphatic heterocycles. The fourth-order valence-corrected chi connectivity index (χ4v) is 7.29. The third kappa shape index (κ3) is 2.87. The van der Waals surface area contributed by atoms with Gasteiger partial charge in [0.1, 0.15) is 5.75 Å².